The summed E-state index contributed by atoms with van der Waals surface area (Å²) in [6, 6.07) is 0. The normalized spacial score (nSPS) is 46.4. The van der Waals surface area contributed by atoms with Crippen LogP contribution >= 0.6 is 0 Å². The molecule has 0 spiro atoms. The molecule has 0 aromatic carbocycles. The minimum atomic E-state index is -0.698. The molecule has 4 rings (SSSR count). The molecule has 6 heteroatoms. The van der Waals surface area contributed by atoms with Gasteiger partial charge in [0.15, 0.2) is 0 Å². The number of hydrogen-bond donors (Lipinski definition) is 2. The first kappa shape index (κ1) is 20.6. The van der Waals surface area contributed by atoms with Crippen LogP contribution in [0.1, 0.15) is 52.9 Å². The summed E-state index contributed by atoms with van der Waals surface area (Å²) < 4.78 is 11.4. The van der Waals surface area contributed by atoms with Crippen molar-refractivity contribution in [1.29, 1.82) is 0 Å². The molecule has 9 atom stereocenters. The number of ether oxygens (including phenoxy) is 2. The number of esters is 2. The van der Waals surface area contributed by atoms with Crippen LogP contribution in [0.25, 0.3) is 0 Å². The highest BCUT2D eigenvalue weighted by atomic mass is 16.6. The maximum atomic E-state index is 12.7. The van der Waals surface area contributed by atoms with Gasteiger partial charge in [0.05, 0.1) is 24.0 Å². The fourth-order valence-electron chi connectivity index (χ4n) is 5.93. The SMILES string of the molecule is CCC1(C)C(=O)OC2C3C(=C[C@@H](O)C21)C=C[C@H](C)[C@@H]3CCC1C[C@@H](O)CC(=O)O1. The van der Waals surface area contributed by atoms with Crippen LogP contribution in [-0.2, 0) is 19.1 Å². The van der Waals surface area contributed by atoms with E-state index in [2.05, 4.69) is 19.1 Å². The molecule has 5 unspecified atom stereocenters. The third-order valence-electron chi connectivity index (χ3n) is 7.79. The van der Waals surface area contributed by atoms with Crippen LogP contribution in [-0.4, -0.2) is 46.6 Å². The first-order chi connectivity index (χ1) is 13.7. The molecule has 0 saturated carbocycles. The topological polar surface area (TPSA) is 93.1 Å². The van der Waals surface area contributed by atoms with Crippen molar-refractivity contribution >= 4 is 11.9 Å². The van der Waals surface area contributed by atoms with Crippen molar-refractivity contribution in [3.63, 3.8) is 0 Å². The van der Waals surface area contributed by atoms with Crippen molar-refractivity contribution in [2.24, 2.45) is 29.1 Å². The molecule has 0 aromatic heterocycles. The van der Waals surface area contributed by atoms with Crippen molar-refractivity contribution in [2.45, 2.75) is 77.3 Å². The lowest BCUT2D eigenvalue weighted by atomic mass is 9.59. The zero-order valence-electron chi connectivity index (χ0n) is 17.4. The lowest BCUT2D eigenvalue weighted by molar-refractivity contribution is -0.161. The number of aliphatic hydroxyl groups is 2. The van der Waals surface area contributed by atoms with E-state index in [1.165, 1.54) is 0 Å². The summed E-state index contributed by atoms with van der Waals surface area (Å²) in [7, 11) is 0. The highest BCUT2D eigenvalue weighted by Gasteiger charge is 2.61. The predicted molar refractivity (Wildman–Crippen MR) is 105 cm³/mol. The molecular formula is C23H32O6. The maximum Gasteiger partial charge on any atom is 0.312 e. The van der Waals surface area contributed by atoms with Gasteiger partial charge in [0, 0.05) is 18.3 Å². The molecule has 2 N–H and O–H groups in total. The average molecular weight is 405 g/mol. The van der Waals surface area contributed by atoms with Crippen molar-refractivity contribution in [3.8, 4) is 0 Å². The molecule has 2 saturated heterocycles. The Morgan fingerprint density at radius 2 is 1.97 bits per heavy atom. The second kappa shape index (κ2) is 7.55. The maximum absolute atomic E-state index is 12.7. The largest absolute Gasteiger partial charge is 0.462 e. The molecule has 2 aliphatic carbocycles. The molecule has 0 bridgehead atoms. The number of carbonyl (C=O) groups is 2. The van der Waals surface area contributed by atoms with Gasteiger partial charge in [-0.15, -0.1) is 0 Å². The van der Waals surface area contributed by atoms with E-state index in [-0.39, 0.29) is 54.2 Å². The van der Waals surface area contributed by atoms with Crippen LogP contribution < -0.4 is 0 Å². The summed E-state index contributed by atoms with van der Waals surface area (Å²) in [5.74, 6) is -0.265. The molecule has 0 radical (unpaired) electrons. The van der Waals surface area contributed by atoms with Crippen LogP contribution in [0.4, 0.5) is 0 Å². The first-order valence-corrected chi connectivity index (χ1v) is 10.9. The Labute approximate surface area is 172 Å². The van der Waals surface area contributed by atoms with Crippen LogP contribution in [0.2, 0.25) is 0 Å². The Bertz CT molecular complexity index is 742. The van der Waals surface area contributed by atoms with Gasteiger partial charge in [-0.3, -0.25) is 9.59 Å². The van der Waals surface area contributed by atoms with E-state index < -0.39 is 17.6 Å². The third kappa shape index (κ3) is 3.44. The van der Waals surface area contributed by atoms with Crippen molar-refractivity contribution < 1.29 is 29.3 Å². The molecule has 2 aliphatic heterocycles. The molecule has 29 heavy (non-hydrogen) atoms. The second-order valence-electron chi connectivity index (χ2n) is 9.51. The standard InChI is InChI=1S/C23H32O6/c1-4-23(3)20-17(25)9-13-6-5-12(2)16(19(13)21(20)29-22(23)27)8-7-15-10-14(24)11-18(26)28-15/h5-6,9,12,14-17,19-21,24-25H,4,7-8,10-11H2,1-3H3/t12-,14+,15?,16-,17+,19?,20?,21?,23?/m0/s1. The Hall–Kier alpha value is -1.66. The number of aliphatic hydroxyl groups excluding tert-OH is 2. The first-order valence-electron chi connectivity index (χ1n) is 10.9. The third-order valence-corrected chi connectivity index (χ3v) is 7.79. The van der Waals surface area contributed by atoms with E-state index in [4.69, 9.17) is 9.47 Å². The Balaban J connectivity index is 1.57. The lowest BCUT2D eigenvalue weighted by Crippen LogP contribution is -2.48. The molecular weight excluding hydrogens is 372 g/mol. The minimum absolute atomic E-state index is 0.0324. The van der Waals surface area contributed by atoms with E-state index in [1.807, 2.05) is 19.9 Å². The van der Waals surface area contributed by atoms with Gasteiger partial charge in [-0.2, -0.15) is 0 Å². The number of allylic oxidation sites excluding steroid dienone is 2. The van der Waals surface area contributed by atoms with E-state index in [0.29, 0.717) is 19.3 Å². The van der Waals surface area contributed by atoms with Gasteiger partial charge in [-0.1, -0.05) is 32.1 Å². The number of hydrogen-bond acceptors (Lipinski definition) is 6. The van der Waals surface area contributed by atoms with Gasteiger partial charge < -0.3 is 19.7 Å². The van der Waals surface area contributed by atoms with Gasteiger partial charge in [0.25, 0.3) is 0 Å². The van der Waals surface area contributed by atoms with Gasteiger partial charge in [0.2, 0.25) is 0 Å². The van der Waals surface area contributed by atoms with Crippen LogP contribution in [0, 0.1) is 29.1 Å². The van der Waals surface area contributed by atoms with Crippen LogP contribution in [0.3, 0.4) is 0 Å². The summed E-state index contributed by atoms with van der Waals surface area (Å²) in [6.07, 6.45) is 6.84. The Morgan fingerprint density at radius 1 is 1.21 bits per heavy atom. The zero-order valence-corrected chi connectivity index (χ0v) is 17.4. The summed E-state index contributed by atoms with van der Waals surface area (Å²) in [4.78, 5) is 24.4. The van der Waals surface area contributed by atoms with E-state index in [9.17, 15) is 19.8 Å². The summed E-state index contributed by atoms with van der Waals surface area (Å²) >= 11 is 0. The molecule has 4 aliphatic rings. The predicted octanol–water partition coefficient (Wildman–Crippen LogP) is 2.53. The fraction of sp³-hybridized carbons (Fsp3) is 0.739. The zero-order chi connectivity index (χ0) is 20.9. The van der Waals surface area contributed by atoms with E-state index >= 15 is 0 Å². The molecule has 2 heterocycles. The second-order valence-corrected chi connectivity index (χ2v) is 9.51. The number of cyclic esters (lactones) is 1. The minimum Gasteiger partial charge on any atom is -0.462 e. The van der Waals surface area contributed by atoms with Crippen LogP contribution in [0.15, 0.2) is 23.8 Å². The fourth-order valence-corrected chi connectivity index (χ4v) is 5.93. The molecule has 0 amide bonds. The van der Waals surface area contributed by atoms with Gasteiger partial charge >= 0.3 is 11.9 Å². The quantitative estimate of drug-likeness (QED) is 0.700. The molecule has 2 fully saturated rings. The summed E-state index contributed by atoms with van der Waals surface area (Å²) in [6.45, 7) is 6.04. The number of fused-ring (bicyclic) bond motifs is 3. The van der Waals surface area contributed by atoms with E-state index in [0.717, 1.165) is 12.0 Å². The average Bonchev–Trinajstić information content (AvgIpc) is 2.92. The lowest BCUT2D eigenvalue weighted by Gasteiger charge is -2.45. The monoisotopic (exact) mass is 404 g/mol. The van der Waals surface area contributed by atoms with Gasteiger partial charge in [0.1, 0.15) is 12.2 Å². The van der Waals surface area contributed by atoms with Crippen molar-refractivity contribution in [2.75, 3.05) is 0 Å². The molecule has 0 aromatic rings. The van der Waals surface area contributed by atoms with E-state index in [1.54, 1.807) is 0 Å². The van der Waals surface area contributed by atoms with Crippen LogP contribution in [0.5, 0.6) is 0 Å². The Kier molecular flexibility index (Phi) is 5.36. The summed E-state index contributed by atoms with van der Waals surface area (Å²) in [5, 5.41) is 20.7. The number of carbonyl (C=O) groups excluding carboxylic acids is 2. The molecule has 6 nitrogen and oxygen atoms in total. The molecule has 160 valence electrons. The summed E-state index contributed by atoms with van der Waals surface area (Å²) in [5.41, 5.74) is 0.361. The highest BCUT2D eigenvalue weighted by molar-refractivity contribution is 5.80. The van der Waals surface area contributed by atoms with Gasteiger partial charge in [-0.05, 0) is 43.6 Å². The smallest absolute Gasteiger partial charge is 0.312 e. The van der Waals surface area contributed by atoms with Gasteiger partial charge in [-0.25, -0.2) is 0 Å². The highest BCUT2D eigenvalue weighted by Crippen LogP contribution is 2.54. The number of rotatable bonds is 4. The van der Waals surface area contributed by atoms with Crippen molar-refractivity contribution in [3.05, 3.63) is 23.8 Å². The van der Waals surface area contributed by atoms with Crippen molar-refractivity contribution in [1.82, 2.24) is 0 Å². The Morgan fingerprint density at radius 3 is 2.66 bits per heavy atom.